The molecule has 0 atom stereocenters. The normalized spacial score (nSPS) is 11.5. The Balaban J connectivity index is 2.28. The quantitative estimate of drug-likeness (QED) is 0.254. The maximum atomic E-state index is 12.9. The Morgan fingerprint density at radius 1 is 1.36 bits per heavy atom. The number of hydrogen-bond donors (Lipinski definition) is 4. The van der Waals surface area contributed by atoms with Crippen molar-refractivity contribution < 1.29 is 0 Å². The van der Waals surface area contributed by atoms with Crippen molar-refractivity contribution >= 4 is 39.0 Å². The van der Waals surface area contributed by atoms with E-state index in [0.717, 1.165) is 16.6 Å². The topological polar surface area (TPSA) is 131 Å². The van der Waals surface area contributed by atoms with Crippen LogP contribution in [0.2, 0.25) is 0 Å². The molecular weight excluding hydrogens is 316 g/mol. The summed E-state index contributed by atoms with van der Waals surface area (Å²) in [6.07, 6.45) is 0. The molecule has 0 radical (unpaired) electrons. The summed E-state index contributed by atoms with van der Waals surface area (Å²) in [4.78, 5) is 16.2. The van der Waals surface area contributed by atoms with Crippen molar-refractivity contribution in [1.82, 2.24) is 4.98 Å². The highest BCUT2D eigenvalue weighted by molar-refractivity contribution is 6.45. The van der Waals surface area contributed by atoms with Crippen molar-refractivity contribution in [2.45, 2.75) is 13.8 Å². The van der Waals surface area contributed by atoms with Crippen molar-refractivity contribution in [2.24, 2.45) is 10.8 Å². The minimum absolute atomic E-state index is 0.0686. The summed E-state index contributed by atoms with van der Waals surface area (Å²) in [6.45, 7) is 3.88. The van der Waals surface area contributed by atoms with Crippen LogP contribution < -0.4 is 16.6 Å². The Bertz CT molecular complexity index is 1150. The number of para-hydroxylation sites is 1. The summed E-state index contributed by atoms with van der Waals surface area (Å²) in [5, 5.41) is 21.2. The molecule has 0 unspecified atom stereocenters. The second-order valence-corrected chi connectivity index (χ2v) is 5.78. The second-order valence-electron chi connectivity index (χ2n) is 5.78. The number of hydrazone groups is 1. The van der Waals surface area contributed by atoms with E-state index in [9.17, 15) is 4.79 Å². The van der Waals surface area contributed by atoms with E-state index in [1.54, 1.807) is 24.3 Å². The molecule has 0 aliphatic heterocycles. The number of H-pyrrole nitrogens is 1. The van der Waals surface area contributed by atoms with Gasteiger partial charge in [0.2, 0.25) is 5.71 Å². The van der Waals surface area contributed by atoms with Gasteiger partial charge in [-0.05, 0) is 43.2 Å². The summed E-state index contributed by atoms with van der Waals surface area (Å²) in [5.74, 6) is -0.430. The van der Waals surface area contributed by atoms with Crippen molar-refractivity contribution in [3.05, 3.63) is 51.7 Å². The van der Waals surface area contributed by atoms with Crippen LogP contribution in [0.15, 0.2) is 40.2 Å². The lowest BCUT2D eigenvalue weighted by atomic mass is 10.0. The summed E-state index contributed by atoms with van der Waals surface area (Å²) >= 11 is 0. The summed E-state index contributed by atoms with van der Waals surface area (Å²) in [6, 6.07) is 10.8. The molecule has 1 heterocycles. The first-order valence-corrected chi connectivity index (χ1v) is 7.56. The molecular formula is C18H16N6O. The molecule has 1 aromatic heterocycles. The van der Waals surface area contributed by atoms with Crippen LogP contribution in [0.3, 0.4) is 0 Å². The number of benzene rings is 2. The SMILES string of the molecule is Cc1cc(C)c2c(=O)c3cccc(N/N=C(\C#N)C(=N)N)c3[nH]c2c1. The van der Waals surface area contributed by atoms with Gasteiger partial charge in [0.1, 0.15) is 6.07 Å². The zero-order valence-corrected chi connectivity index (χ0v) is 13.8. The number of anilines is 1. The molecule has 5 N–H and O–H groups in total. The minimum atomic E-state index is -0.430. The fourth-order valence-corrected chi connectivity index (χ4v) is 2.87. The molecule has 0 aliphatic carbocycles. The number of amidine groups is 1. The molecule has 0 aliphatic rings. The van der Waals surface area contributed by atoms with Gasteiger partial charge in [-0.15, -0.1) is 0 Å². The van der Waals surface area contributed by atoms with Crippen LogP contribution in [-0.4, -0.2) is 16.5 Å². The molecule has 0 fully saturated rings. The number of hydrogen-bond acceptors (Lipinski definition) is 5. The molecule has 0 amide bonds. The molecule has 0 saturated carbocycles. The van der Waals surface area contributed by atoms with Crippen molar-refractivity contribution in [1.29, 1.82) is 10.7 Å². The van der Waals surface area contributed by atoms with Crippen LogP contribution in [0.5, 0.6) is 0 Å². The summed E-state index contributed by atoms with van der Waals surface area (Å²) in [7, 11) is 0. The number of aromatic nitrogens is 1. The average molecular weight is 332 g/mol. The van der Waals surface area contributed by atoms with Gasteiger partial charge in [0.05, 0.1) is 16.7 Å². The van der Waals surface area contributed by atoms with Gasteiger partial charge in [0.15, 0.2) is 11.3 Å². The Morgan fingerprint density at radius 2 is 2.12 bits per heavy atom. The van der Waals surface area contributed by atoms with Gasteiger partial charge in [-0.1, -0.05) is 12.1 Å². The third-order valence-electron chi connectivity index (χ3n) is 3.92. The Morgan fingerprint density at radius 3 is 2.80 bits per heavy atom. The number of nitriles is 1. The number of aromatic amines is 1. The fraction of sp³-hybridized carbons (Fsp3) is 0.111. The highest BCUT2D eigenvalue weighted by Gasteiger charge is 2.11. The van der Waals surface area contributed by atoms with Gasteiger partial charge in [-0.25, -0.2) is 0 Å². The zero-order valence-electron chi connectivity index (χ0n) is 13.8. The van der Waals surface area contributed by atoms with Crippen LogP contribution in [0.4, 0.5) is 5.69 Å². The lowest BCUT2D eigenvalue weighted by Gasteiger charge is -2.10. The molecule has 25 heavy (non-hydrogen) atoms. The molecule has 7 nitrogen and oxygen atoms in total. The van der Waals surface area contributed by atoms with Crippen molar-refractivity contribution in [3.63, 3.8) is 0 Å². The number of nitrogens with two attached hydrogens (primary N) is 1. The molecule has 124 valence electrons. The van der Waals surface area contributed by atoms with E-state index in [1.807, 2.05) is 26.0 Å². The highest BCUT2D eigenvalue weighted by Crippen LogP contribution is 2.24. The van der Waals surface area contributed by atoms with E-state index >= 15 is 0 Å². The molecule has 7 heteroatoms. The molecule has 2 aromatic carbocycles. The van der Waals surface area contributed by atoms with Crippen LogP contribution in [-0.2, 0) is 0 Å². The van der Waals surface area contributed by atoms with E-state index < -0.39 is 5.84 Å². The molecule has 0 spiro atoms. The second kappa shape index (κ2) is 6.09. The third kappa shape index (κ3) is 2.81. The van der Waals surface area contributed by atoms with E-state index in [2.05, 4.69) is 15.5 Å². The highest BCUT2D eigenvalue weighted by atomic mass is 16.1. The predicted molar refractivity (Wildman–Crippen MR) is 100 cm³/mol. The van der Waals surface area contributed by atoms with Crippen LogP contribution in [0.1, 0.15) is 11.1 Å². The van der Waals surface area contributed by atoms with E-state index in [-0.39, 0.29) is 11.1 Å². The first kappa shape index (κ1) is 16.2. The average Bonchev–Trinajstić information content (AvgIpc) is 2.55. The van der Waals surface area contributed by atoms with Gasteiger partial charge in [0, 0.05) is 10.8 Å². The minimum Gasteiger partial charge on any atom is -0.382 e. The van der Waals surface area contributed by atoms with Crippen LogP contribution in [0.25, 0.3) is 21.8 Å². The Labute approximate surface area is 143 Å². The van der Waals surface area contributed by atoms with E-state index in [0.29, 0.717) is 22.0 Å². The van der Waals surface area contributed by atoms with E-state index in [4.69, 9.17) is 16.4 Å². The van der Waals surface area contributed by atoms with Gasteiger partial charge in [-0.2, -0.15) is 10.4 Å². The lowest BCUT2D eigenvalue weighted by Crippen LogP contribution is -2.22. The van der Waals surface area contributed by atoms with Gasteiger partial charge < -0.3 is 10.7 Å². The smallest absolute Gasteiger partial charge is 0.201 e. The van der Waals surface area contributed by atoms with Crippen LogP contribution in [0, 0.1) is 30.6 Å². The lowest BCUT2D eigenvalue weighted by molar-refractivity contribution is 1.32. The third-order valence-corrected chi connectivity index (χ3v) is 3.92. The number of nitrogens with one attached hydrogen (secondary N) is 3. The Kier molecular flexibility index (Phi) is 3.95. The first-order valence-electron chi connectivity index (χ1n) is 7.56. The maximum absolute atomic E-state index is 12.9. The van der Waals surface area contributed by atoms with Crippen LogP contribution >= 0.6 is 0 Å². The zero-order chi connectivity index (χ0) is 18.1. The van der Waals surface area contributed by atoms with Gasteiger partial charge in [0.25, 0.3) is 0 Å². The maximum Gasteiger partial charge on any atom is 0.201 e. The number of rotatable bonds is 3. The number of pyridine rings is 1. The van der Waals surface area contributed by atoms with Gasteiger partial charge >= 0.3 is 0 Å². The summed E-state index contributed by atoms with van der Waals surface area (Å²) in [5.41, 5.74) is 11.5. The number of fused-ring (bicyclic) bond motifs is 2. The number of nitrogens with zero attached hydrogens (tertiary/aromatic N) is 2. The van der Waals surface area contributed by atoms with Crippen molar-refractivity contribution in [3.8, 4) is 6.07 Å². The number of aryl methyl sites for hydroxylation is 2. The molecule has 0 bridgehead atoms. The van der Waals surface area contributed by atoms with E-state index in [1.165, 1.54) is 0 Å². The molecule has 0 saturated heterocycles. The molecule has 3 rings (SSSR count). The molecule has 3 aromatic rings. The van der Waals surface area contributed by atoms with Crippen molar-refractivity contribution in [2.75, 3.05) is 5.43 Å². The predicted octanol–water partition coefficient (Wildman–Crippen LogP) is 2.53. The Hall–Kier alpha value is -3.66. The largest absolute Gasteiger partial charge is 0.382 e. The monoisotopic (exact) mass is 332 g/mol. The standard InChI is InChI=1S/C18H16N6O/c1-9-6-10(2)15-13(7-9)22-16-11(17(15)25)4-3-5-12(16)23-24-14(8-19)18(20)21/h3-7,23H,1-2H3,(H3,20,21)(H,22,25)/b24-14+. The summed E-state index contributed by atoms with van der Waals surface area (Å²) < 4.78 is 0. The fourth-order valence-electron chi connectivity index (χ4n) is 2.87. The van der Waals surface area contributed by atoms with Gasteiger partial charge in [-0.3, -0.25) is 15.6 Å². The first-order chi connectivity index (χ1) is 11.9.